The quantitative estimate of drug-likeness (QED) is 0.508. The summed E-state index contributed by atoms with van der Waals surface area (Å²) in [6, 6.07) is 19.4. The van der Waals surface area contributed by atoms with E-state index < -0.39 is 5.97 Å². The second-order valence-corrected chi connectivity index (χ2v) is 5.74. The van der Waals surface area contributed by atoms with Crippen molar-refractivity contribution in [3.8, 4) is 33.8 Å². The maximum absolute atomic E-state index is 11.8. The molecule has 2 heterocycles. The molecule has 4 aromatic rings. The number of carbonyl (C=O) groups is 1. The SMILES string of the molecule is COC(=O)c1coc(-c2c(-c3ccccc3)cnnc2-c2ccccc2)n1. The molecule has 0 bridgehead atoms. The molecule has 0 aliphatic heterocycles. The Labute approximate surface area is 155 Å². The highest BCUT2D eigenvalue weighted by Crippen LogP contribution is 2.37. The molecule has 6 heteroatoms. The van der Waals surface area contributed by atoms with Crippen LogP contribution in [0, 0.1) is 0 Å². The van der Waals surface area contributed by atoms with Crippen molar-refractivity contribution in [3.05, 3.63) is 78.8 Å². The Kier molecular flexibility index (Phi) is 4.45. The molecule has 2 aromatic carbocycles. The zero-order valence-corrected chi connectivity index (χ0v) is 14.5. The first kappa shape index (κ1) is 16.7. The van der Waals surface area contributed by atoms with Crippen molar-refractivity contribution in [1.82, 2.24) is 15.2 Å². The van der Waals surface area contributed by atoms with E-state index >= 15 is 0 Å². The monoisotopic (exact) mass is 357 g/mol. The number of esters is 1. The standard InChI is InChI=1S/C21H15N3O3/c1-26-21(25)17-13-27-20(23-17)18-16(14-8-4-2-5-9-14)12-22-24-19(18)15-10-6-3-7-11-15/h2-13H,1H3. The maximum atomic E-state index is 11.8. The first-order valence-corrected chi connectivity index (χ1v) is 8.28. The lowest BCUT2D eigenvalue weighted by Crippen LogP contribution is -2.01. The van der Waals surface area contributed by atoms with Crippen LogP contribution in [0.4, 0.5) is 0 Å². The Morgan fingerprint density at radius 1 is 0.963 bits per heavy atom. The molecule has 27 heavy (non-hydrogen) atoms. The minimum atomic E-state index is -0.561. The van der Waals surface area contributed by atoms with Gasteiger partial charge in [0.25, 0.3) is 0 Å². The zero-order valence-electron chi connectivity index (χ0n) is 14.5. The number of methoxy groups -OCH3 is 1. The molecule has 0 amide bonds. The summed E-state index contributed by atoms with van der Waals surface area (Å²) in [5.74, 6) is -0.280. The van der Waals surface area contributed by atoms with Crippen LogP contribution in [-0.2, 0) is 4.74 Å². The minimum Gasteiger partial charge on any atom is -0.464 e. The lowest BCUT2D eigenvalue weighted by Gasteiger charge is -2.11. The molecule has 4 rings (SSSR count). The molecular formula is C21H15N3O3. The third-order valence-corrected chi connectivity index (χ3v) is 4.10. The van der Waals surface area contributed by atoms with Gasteiger partial charge in [-0.1, -0.05) is 60.7 Å². The molecular weight excluding hydrogens is 342 g/mol. The van der Waals surface area contributed by atoms with Crippen LogP contribution >= 0.6 is 0 Å². The molecule has 132 valence electrons. The molecule has 0 atom stereocenters. The van der Waals surface area contributed by atoms with Crippen LogP contribution < -0.4 is 0 Å². The van der Waals surface area contributed by atoms with Crippen LogP contribution in [0.1, 0.15) is 10.5 Å². The molecule has 0 fully saturated rings. The summed E-state index contributed by atoms with van der Waals surface area (Å²) in [6.45, 7) is 0. The fourth-order valence-electron chi connectivity index (χ4n) is 2.82. The second kappa shape index (κ2) is 7.21. The van der Waals surface area contributed by atoms with Crippen LogP contribution in [0.2, 0.25) is 0 Å². The molecule has 0 radical (unpaired) electrons. The van der Waals surface area contributed by atoms with Gasteiger partial charge in [-0.25, -0.2) is 9.78 Å². The molecule has 0 N–H and O–H groups in total. The molecule has 0 spiro atoms. The van der Waals surface area contributed by atoms with E-state index in [-0.39, 0.29) is 11.6 Å². The van der Waals surface area contributed by atoms with Crippen molar-refractivity contribution in [3.63, 3.8) is 0 Å². The van der Waals surface area contributed by atoms with Crippen LogP contribution in [0.25, 0.3) is 33.8 Å². The zero-order chi connectivity index (χ0) is 18.6. The molecule has 0 saturated carbocycles. The lowest BCUT2D eigenvalue weighted by molar-refractivity contribution is 0.0594. The number of nitrogens with zero attached hydrogens (tertiary/aromatic N) is 3. The van der Waals surface area contributed by atoms with Crippen molar-refractivity contribution in [2.24, 2.45) is 0 Å². The number of oxazole rings is 1. The molecule has 2 aromatic heterocycles. The summed E-state index contributed by atoms with van der Waals surface area (Å²) in [4.78, 5) is 16.1. The topological polar surface area (TPSA) is 78.1 Å². The Morgan fingerprint density at radius 3 is 2.30 bits per heavy atom. The average molecular weight is 357 g/mol. The molecule has 0 unspecified atom stereocenters. The first-order chi connectivity index (χ1) is 13.3. The van der Waals surface area contributed by atoms with Crippen molar-refractivity contribution in [2.45, 2.75) is 0 Å². The van der Waals surface area contributed by atoms with E-state index in [2.05, 4.69) is 15.2 Å². The number of hydrogen-bond acceptors (Lipinski definition) is 6. The van der Waals surface area contributed by atoms with E-state index in [1.54, 1.807) is 6.20 Å². The summed E-state index contributed by atoms with van der Waals surface area (Å²) < 4.78 is 10.3. The summed E-state index contributed by atoms with van der Waals surface area (Å²) in [7, 11) is 1.30. The number of hydrogen-bond donors (Lipinski definition) is 0. The Bertz CT molecular complexity index is 1020. The summed E-state index contributed by atoms with van der Waals surface area (Å²) in [5.41, 5.74) is 4.01. The van der Waals surface area contributed by atoms with E-state index in [0.717, 1.165) is 16.7 Å². The van der Waals surface area contributed by atoms with E-state index in [1.165, 1.54) is 13.4 Å². The van der Waals surface area contributed by atoms with E-state index in [1.807, 2.05) is 60.7 Å². The van der Waals surface area contributed by atoms with Crippen molar-refractivity contribution < 1.29 is 13.9 Å². The van der Waals surface area contributed by atoms with Gasteiger partial charge in [0.1, 0.15) is 12.0 Å². The number of ether oxygens (including phenoxy) is 1. The predicted molar refractivity (Wildman–Crippen MR) is 99.7 cm³/mol. The van der Waals surface area contributed by atoms with Gasteiger partial charge in [-0.15, -0.1) is 5.10 Å². The van der Waals surface area contributed by atoms with Crippen LogP contribution in [-0.4, -0.2) is 28.3 Å². The largest absolute Gasteiger partial charge is 0.464 e. The van der Waals surface area contributed by atoms with Gasteiger partial charge >= 0.3 is 5.97 Å². The minimum absolute atomic E-state index is 0.0994. The first-order valence-electron chi connectivity index (χ1n) is 8.28. The van der Waals surface area contributed by atoms with Gasteiger partial charge in [-0.3, -0.25) is 0 Å². The normalized spacial score (nSPS) is 10.6. The smallest absolute Gasteiger partial charge is 0.360 e. The fraction of sp³-hybridized carbons (Fsp3) is 0.0476. The number of benzene rings is 2. The predicted octanol–water partition coefficient (Wildman–Crippen LogP) is 4.25. The van der Waals surface area contributed by atoms with Crippen LogP contribution in [0.5, 0.6) is 0 Å². The number of aromatic nitrogens is 3. The summed E-state index contributed by atoms with van der Waals surface area (Å²) >= 11 is 0. The van der Waals surface area contributed by atoms with Gasteiger partial charge in [0, 0.05) is 11.1 Å². The third kappa shape index (κ3) is 3.20. The number of rotatable bonds is 4. The molecule has 0 aliphatic carbocycles. The summed E-state index contributed by atoms with van der Waals surface area (Å²) in [6.07, 6.45) is 2.95. The van der Waals surface area contributed by atoms with Crippen LogP contribution in [0.3, 0.4) is 0 Å². The maximum Gasteiger partial charge on any atom is 0.360 e. The van der Waals surface area contributed by atoms with Gasteiger partial charge in [-0.2, -0.15) is 5.10 Å². The average Bonchev–Trinajstić information content (AvgIpc) is 3.24. The van der Waals surface area contributed by atoms with Crippen molar-refractivity contribution in [2.75, 3.05) is 7.11 Å². The highest BCUT2D eigenvalue weighted by Gasteiger charge is 2.22. The Balaban J connectivity index is 1.97. The van der Waals surface area contributed by atoms with Gasteiger partial charge in [0.2, 0.25) is 5.89 Å². The van der Waals surface area contributed by atoms with Gasteiger partial charge in [0.15, 0.2) is 5.69 Å². The van der Waals surface area contributed by atoms with Gasteiger partial charge in [-0.05, 0) is 5.56 Å². The van der Waals surface area contributed by atoms with E-state index in [0.29, 0.717) is 11.3 Å². The fourth-order valence-corrected chi connectivity index (χ4v) is 2.82. The summed E-state index contributed by atoms with van der Waals surface area (Å²) in [5, 5.41) is 8.49. The van der Waals surface area contributed by atoms with Crippen molar-refractivity contribution in [1.29, 1.82) is 0 Å². The van der Waals surface area contributed by atoms with Gasteiger partial charge in [0.05, 0.1) is 18.9 Å². The third-order valence-electron chi connectivity index (χ3n) is 4.10. The van der Waals surface area contributed by atoms with Gasteiger partial charge < -0.3 is 9.15 Å². The lowest BCUT2D eigenvalue weighted by atomic mass is 9.97. The van der Waals surface area contributed by atoms with Crippen LogP contribution in [0.15, 0.2) is 77.5 Å². The highest BCUT2D eigenvalue weighted by atomic mass is 16.5. The van der Waals surface area contributed by atoms with E-state index in [9.17, 15) is 4.79 Å². The Hall–Kier alpha value is -3.80. The molecule has 0 aliphatic rings. The number of carbonyl (C=O) groups excluding carboxylic acids is 1. The Morgan fingerprint density at radius 2 is 1.63 bits per heavy atom. The molecule has 6 nitrogen and oxygen atoms in total. The highest BCUT2D eigenvalue weighted by molar-refractivity contribution is 5.91. The van der Waals surface area contributed by atoms with E-state index in [4.69, 9.17) is 9.15 Å². The second-order valence-electron chi connectivity index (χ2n) is 5.74. The van der Waals surface area contributed by atoms with Crippen molar-refractivity contribution >= 4 is 5.97 Å². The molecule has 0 saturated heterocycles.